The predicted octanol–water partition coefficient (Wildman–Crippen LogP) is 3.87. The molecule has 1 aromatic heterocycles. The SMILES string of the molecule is Cc1cc(=O)c2cc3c(c(N4C=C5N=CC=C5C4)c2o1)OC(C)(CCC1CNC(=O)C12CCCCC2)C(OOCC(O)(Cc1ccc(O)c2ccc(O)cc12)C(O)C(O)C(O)CO)C3. The standard InChI is InChI=1S/C48H55N3O13/c1-26-16-37(55)34-17-29-18-39(64-61-25-48(60,44(58)41(57)38(56)24-52)20-27-6-9-36(54)32-8-7-31(53)19-33(27)32)46(2,14-10-30-21-50-45(59)47(30)12-4-3-5-13-47)63-42(29)40(43(34)62-26)51-22-28-11-15-49-35(28)23-51/h6-9,11,15-17,19,23,30,38-39,41,44,52-54,56-58,60H,3-5,10,12-14,18,20-22,24-25H2,1-2H3,(H,50,59). The van der Waals surface area contributed by atoms with Gasteiger partial charge in [-0.2, -0.15) is 0 Å². The Balaban J connectivity index is 1.08. The largest absolute Gasteiger partial charge is 0.508 e. The van der Waals surface area contributed by atoms with Crippen molar-refractivity contribution in [1.29, 1.82) is 0 Å². The molecule has 9 rings (SSSR count). The van der Waals surface area contributed by atoms with E-state index in [1.54, 1.807) is 19.2 Å². The first-order valence-electron chi connectivity index (χ1n) is 22.0. The number of nitrogens with one attached hydrogen (secondary N) is 1. The number of hydrogen-bond donors (Lipinski definition) is 8. The number of fused-ring (bicyclic) bond motifs is 4. The van der Waals surface area contributed by atoms with Crippen molar-refractivity contribution in [2.24, 2.45) is 16.3 Å². The maximum absolute atomic E-state index is 13.6. The number of phenolic OH excluding ortho intramolecular Hbond substituents is 2. The van der Waals surface area contributed by atoms with Crippen molar-refractivity contribution in [2.45, 2.75) is 107 Å². The fourth-order valence-corrected chi connectivity index (χ4v) is 10.6. The average molecular weight is 882 g/mol. The number of aromatic hydroxyl groups is 2. The van der Waals surface area contributed by atoms with Gasteiger partial charge in [0.15, 0.2) is 16.8 Å². The zero-order valence-corrected chi connectivity index (χ0v) is 35.8. The molecule has 1 saturated heterocycles. The highest BCUT2D eigenvalue weighted by Gasteiger charge is 2.53. The molecule has 340 valence electrons. The monoisotopic (exact) mass is 881 g/mol. The average Bonchev–Trinajstić information content (AvgIpc) is 3.97. The number of benzene rings is 3. The second-order valence-electron chi connectivity index (χ2n) is 18.5. The van der Waals surface area contributed by atoms with E-state index in [0.29, 0.717) is 76.0 Å². The lowest BCUT2D eigenvalue weighted by molar-refractivity contribution is -0.371. The Morgan fingerprint density at radius 2 is 1.83 bits per heavy atom. The summed E-state index contributed by atoms with van der Waals surface area (Å²) in [6, 6.07) is 10.3. The highest BCUT2D eigenvalue weighted by molar-refractivity contribution is 5.96. The molecule has 4 aliphatic heterocycles. The fraction of sp³-hybridized carbons (Fsp3) is 0.479. The van der Waals surface area contributed by atoms with Crippen LogP contribution in [-0.2, 0) is 27.4 Å². The molecule has 0 bridgehead atoms. The van der Waals surface area contributed by atoms with Gasteiger partial charge in [-0.15, -0.1) is 0 Å². The minimum Gasteiger partial charge on any atom is -0.508 e. The number of aliphatic hydroxyl groups excluding tert-OH is 4. The molecule has 1 spiro atoms. The van der Waals surface area contributed by atoms with Crippen molar-refractivity contribution in [2.75, 3.05) is 31.2 Å². The molecule has 4 aromatic rings. The lowest BCUT2D eigenvalue weighted by Crippen LogP contribution is -2.58. The second-order valence-corrected chi connectivity index (χ2v) is 18.5. The maximum Gasteiger partial charge on any atom is 0.226 e. The molecule has 64 heavy (non-hydrogen) atoms. The third-order valence-corrected chi connectivity index (χ3v) is 14.3. The van der Waals surface area contributed by atoms with E-state index >= 15 is 0 Å². The van der Waals surface area contributed by atoms with E-state index in [2.05, 4.69) is 10.3 Å². The van der Waals surface area contributed by atoms with E-state index in [0.717, 1.165) is 43.4 Å². The number of anilines is 1. The van der Waals surface area contributed by atoms with Gasteiger partial charge >= 0.3 is 0 Å². The zero-order chi connectivity index (χ0) is 45.1. The van der Waals surface area contributed by atoms with Crippen molar-refractivity contribution in [1.82, 2.24) is 5.32 Å². The van der Waals surface area contributed by atoms with E-state index in [9.17, 15) is 45.3 Å². The summed E-state index contributed by atoms with van der Waals surface area (Å²) in [6.07, 6.45) is 3.99. The first-order valence-corrected chi connectivity index (χ1v) is 22.0. The van der Waals surface area contributed by atoms with E-state index in [1.165, 1.54) is 36.4 Å². The van der Waals surface area contributed by atoms with Crippen LogP contribution < -0.4 is 20.4 Å². The molecule has 16 heteroatoms. The summed E-state index contributed by atoms with van der Waals surface area (Å²) in [4.78, 5) is 45.8. The van der Waals surface area contributed by atoms with Gasteiger partial charge in [-0.1, -0.05) is 25.3 Å². The molecule has 7 unspecified atom stereocenters. The fourth-order valence-electron chi connectivity index (χ4n) is 10.6. The molecule has 7 atom stereocenters. The summed E-state index contributed by atoms with van der Waals surface area (Å²) in [5, 5.41) is 79.9. The summed E-state index contributed by atoms with van der Waals surface area (Å²) in [5.74, 6) is 0.791. The van der Waals surface area contributed by atoms with Gasteiger partial charge in [0.2, 0.25) is 5.91 Å². The van der Waals surface area contributed by atoms with E-state index in [-0.39, 0.29) is 35.2 Å². The lowest BCUT2D eigenvalue weighted by atomic mass is 9.65. The number of phenols is 2. The van der Waals surface area contributed by atoms with Crippen LogP contribution in [0, 0.1) is 18.3 Å². The first-order chi connectivity index (χ1) is 30.6. The summed E-state index contributed by atoms with van der Waals surface area (Å²) in [7, 11) is 0. The number of carbonyl (C=O) groups excluding carboxylic acids is 1. The number of aryl methyl sites for hydroxylation is 1. The lowest BCUT2D eigenvalue weighted by Gasteiger charge is -2.44. The van der Waals surface area contributed by atoms with Gasteiger partial charge in [0.25, 0.3) is 0 Å². The van der Waals surface area contributed by atoms with Crippen molar-refractivity contribution in [3.63, 3.8) is 0 Å². The Morgan fingerprint density at radius 1 is 1.03 bits per heavy atom. The molecular weight excluding hydrogens is 827 g/mol. The Bertz CT molecular complexity index is 2630. The predicted molar refractivity (Wildman–Crippen MR) is 235 cm³/mol. The number of ether oxygens (including phenoxy) is 1. The Morgan fingerprint density at radius 3 is 2.59 bits per heavy atom. The van der Waals surface area contributed by atoms with Crippen LogP contribution in [-0.4, -0.2) is 110 Å². The minimum atomic E-state index is -2.41. The number of nitrogens with zero attached hydrogens (tertiary/aromatic N) is 2. The summed E-state index contributed by atoms with van der Waals surface area (Å²) in [6.45, 7) is 2.89. The van der Waals surface area contributed by atoms with Crippen LogP contribution in [0.3, 0.4) is 0 Å². The number of aliphatic imine (C=N–C) groups is 1. The molecule has 2 fully saturated rings. The van der Waals surface area contributed by atoms with Crippen LogP contribution in [0.15, 0.2) is 80.2 Å². The minimum absolute atomic E-state index is 0.0205. The van der Waals surface area contributed by atoms with Crippen molar-refractivity contribution in [3.8, 4) is 17.2 Å². The second kappa shape index (κ2) is 16.9. The van der Waals surface area contributed by atoms with Crippen molar-refractivity contribution >= 4 is 39.6 Å². The van der Waals surface area contributed by atoms with Crippen LogP contribution in [0.4, 0.5) is 5.69 Å². The third-order valence-electron chi connectivity index (χ3n) is 14.3. The summed E-state index contributed by atoms with van der Waals surface area (Å²) < 4.78 is 13.5. The molecule has 5 aliphatic rings. The number of allylic oxidation sites excluding steroid dienone is 1. The molecule has 0 radical (unpaired) electrons. The van der Waals surface area contributed by atoms with Crippen molar-refractivity contribution < 1.29 is 59.5 Å². The number of aliphatic hydroxyl groups is 5. The molecule has 1 aliphatic carbocycles. The molecule has 8 N–H and O–H groups in total. The number of rotatable bonds is 14. The highest BCUT2D eigenvalue weighted by Crippen LogP contribution is 2.52. The molecule has 3 aromatic carbocycles. The van der Waals surface area contributed by atoms with Crippen LogP contribution in [0.1, 0.15) is 68.8 Å². The van der Waals surface area contributed by atoms with Crippen LogP contribution in [0.25, 0.3) is 21.7 Å². The Hall–Kier alpha value is -5.33. The van der Waals surface area contributed by atoms with Crippen LogP contribution >= 0.6 is 0 Å². The number of amides is 1. The van der Waals surface area contributed by atoms with Crippen LogP contribution in [0.2, 0.25) is 0 Å². The van der Waals surface area contributed by atoms with Crippen molar-refractivity contribution in [3.05, 3.63) is 93.1 Å². The van der Waals surface area contributed by atoms with E-state index < -0.39 is 60.7 Å². The molecule has 1 saturated carbocycles. The van der Waals surface area contributed by atoms with Gasteiger partial charge < -0.3 is 55.1 Å². The summed E-state index contributed by atoms with van der Waals surface area (Å²) in [5.41, 5.74) is -0.660. The van der Waals surface area contributed by atoms with Gasteiger partial charge in [-0.3, -0.25) is 14.6 Å². The van der Waals surface area contributed by atoms with Gasteiger partial charge in [0.05, 0.1) is 29.6 Å². The molecule has 16 nitrogen and oxygen atoms in total. The topological polar surface area (TPSA) is 244 Å². The third kappa shape index (κ3) is 7.74. The Labute approximate surface area is 368 Å². The summed E-state index contributed by atoms with van der Waals surface area (Å²) >= 11 is 0. The molecule has 5 heterocycles. The van der Waals surface area contributed by atoms with Gasteiger partial charge in [-0.25, -0.2) is 9.78 Å². The first kappa shape index (κ1) is 43.9. The Kier molecular flexibility index (Phi) is 11.6. The smallest absolute Gasteiger partial charge is 0.226 e. The molecular formula is C48H55N3O13. The van der Waals surface area contributed by atoms with E-state index in [4.69, 9.17) is 18.9 Å². The van der Waals surface area contributed by atoms with Gasteiger partial charge in [-0.05, 0) is 92.8 Å². The number of hydrogen-bond acceptors (Lipinski definition) is 15. The van der Waals surface area contributed by atoms with Gasteiger partial charge in [0.1, 0.15) is 65.2 Å². The normalized spacial score (nSPS) is 24.8. The van der Waals surface area contributed by atoms with Gasteiger partial charge in [0, 0.05) is 54.4 Å². The highest BCUT2D eigenvalue weighted by atomic mass is 17.2. The maximum atomic E-state index is 13.6. The number of carbonyl (C=O) groups is 1. The zero-order valence-electron chi connectivity index (χ0n) is 35.8. The molecule has 1 amide bonds. The quantitative estimate of drug-likeness (QED) is 0.0663. The van der Waals surface area contributed by atoms with E-state index in [1.807, 2.05) is 24.1 Å². The van der Waals surface area contributed by atoms with Crippen LogP contribution in [0.5, 0.6) is 17.2 Å².